The molecule has 11 atom stereocenters. The van der Waals surface area contributed by atoms with Gasteiger partial charge >= 0.3 is 47.8 Å². The predicted molar refractivity (Wildman–Crippen MR) is 217 cm³/mol. The van der Waals surface area contributed by atoms with Crippen LogP contribution in [0.15, 0.2) is 30.3 Å². The lowest BCUT2D eigenvalue weighted by Gasteiger charge is -2.46. The number of carbonyl (C=O) groups excluding carboxylic acids is 9. The largest absolute Gasteiger partial charge is 0.493 e. The second kappa shape index (κ2) is 22.1. The monoisotopic (exact) mass is 946 g/mol. The molecule has 11 unspecified atom stereocenters. The van der Waals surface area contributed by atoms with Crippen molar-refractivity contribution in [3.05, 3.63) is 41.5 Å². The molecule has 2 aromatic rings. The molecule has 0 saturated carbocycles. The average molecular weight is 947 g/mol. The minimum absolute atomic E-state index is 0.0489. The summed E-state index contributed by atoms with van der Waals surface area (Å²) in [5.74, 6) is -7.66. The number of hydrogen-bond acceptors (Lipinski definition) is 23. The van der Waals surface area contributed by atoms with Gasteiger partial charge in [0, 0.05) is 67.5 Å². The smallest absolute Gasteiger partial charge is 0.308 e. The van der Waals surface area contributed by atoms with Gasteiger partial charge in [0.25, 0.3) is 0 Å². The summed E-state index contributed by atoms with van der Waals surface area (Å²) >= 11 is 0. The summed E-state index contributed by atoms with van der Waals surface area (Å²) in [6.07, 6.45) is -16.6. The zero-order chi connectivity index (χ0) is 49.4. The lowest BCUT2D eigenvalue weighted by molar-refractivity contribution is -0.323. The second-order valence-corrected chi connectivity index (χ2v) is 15.3. The van der Waals surface area contributed by atoms with Gasteiger partial charge in [-0.25, -0.2) is 0 Å². The highest BCUT2D eigenvalue weighted by Crippen LogP contribution is 2.45. The van der Waals surface area contributed by atoms with E-state index < -0.39 is 128 Å². The third-order valence-corrected chi connectivity index (χ3v) is 9.83. The Morgan fingerprint density at radius 1 is 0.567 bits per heavy atom. The molecule has 3 aliphatic heterocycles. The molecule has 2 fully saturated rings. The standard InChI is InChI=1S/C44H50O23/c1-18-37(59-21(4)47)39(61-23(6)49)41(63-25(8)51)43(56-18)55-17-35-38(60-22(5)48)40(62-24(7)50)42(64-26(9)52)44(67-35)65-28-14-33(58-20(3)46)36-29(53)16-31(66-34(36)15-28)27-11-12-30(54-10)32(13-27)57-19(2)45/h11-15,18,31,35,37-44H,16-17H2,1-10H3. The molecular weight excluding hydrogens is 896 g/mol. The topological polar surface area (TPSA) is 283 Å². The van der Waals surface area contributed by atoms with Crippen LogP contribution in [0.1, 0.15) is 90.8 Å². The fourth-order valence-electron chi connectivity index (χ4n) is 7.53. The van der Waals surface area contributed by atoms with Crippen LogP contribution in [0, 0.1) is 0 Å². The summed E-state index contributed by atoms with van der Waals surface area (Å²) in [6.45, 7) is 9.39. The first-order valence-electron chi connectivity index (χ1n) is 20.6. The summed E-state index contributed by atoms with van der Waals surface area (Å²) in [5, 5.41) is 0. The number of carbonyl (C=O) groups is 9. The number of hydrogen-bond donors (Lipinski definition) is 0. The Labute approximate surface area is 382 Å². The van der Waals surface area contributed by atoms with Gasteiger partial charge in [-0.3, -0.25) is 43.2 Å². The van der Waals surface area contributed by atoms with Crippen LogP contribution in [0.25, 0.3) is 0 Å². The first-order valence-corrected chi connectivity index (χ1v) is 20.6. The van der Waals surface area contributed by atoms with E-state index in [0.717, 1.165) is 54.5 Å². The molecule has 23 heteroatoms. The molecule has 0 bridgehead atoms. The molecule has 67 heavy (non-hydrogen) atoms. The predicted octanol–water partition coefficient (Wildman–Crippen LogP) is 2.71. The minimum atomic E-state index is -1.81. The molecular formula is C44H50O23. The average Bonchev–Trinajstić information content (AvgIpc) is 3.20. The number of ether oxygens (including phenoxy) is 14. The number of ketones is 1. The molecule has 3 heterocycles. The zero-order valence-corrected chi connectivity index (χ0v) is 38.0. The normalized spacial score (nSPS) is 26.5. The van der Waals surface area contributed by atoms with Crippen LogP contribution in [-0.4, -0.2) is 129 Å². The SMILES string of the molecule is COc1ccc(C2CC(=O)c3c(OC(C)=O)cc(OC4OC(COC5OC(C)C(OC(C)=O)C(OC(C)=O)C5OC(C)=O)C(OC(C)=O)C(OC(C)=O)C4OC(C)=O)cc3O2)cc1OC(C)=O. The minimum Gasteiger partial charge on any atom is -0.493 e. The molecule has 0 spiro atoms. The molecule has 3 aliphatic rings. The lowest BCUT2D eigenvalue weighted by Crippen LogP contribution is -2.64. The van der Waals surface area contributed by atoms with Crippen LogP contribution in [-0.2, 0) is 81.0 Å². The third kappa shape index (κ3) is 13.2. The Morgan fingerprint density at radius 3 is 1.63 bits per heavy atom. The van der Waals surface area contributed by atoms with Crippen LogP contribution in [0.5, 0.6) is 28.7 Å². The van der Waals surface area contributed by atoms with E-state index in [2.05, 4.69) is 0 Å². The Morgan fingerprint density at radius 2 is 1.07 bits per heavy atom. The van der Waals surface area contributed by atoms with Crippen molar-refractivity contribution in [1.82, 2.24) is 0 Å². The van der Waals surface area contributed by atoms with Gasteiger partial charge < -0.3 is 66.3 Å². The highest BCUT2D eigenvalue weighted by Gasteiger charge is 2.55. The maximum Gasteiger partial charge on any atom is 0.308 e. The number of fused-ring (bicyclic) bond motifs is 1. The molecule has 0 aromatic heterocycles. The molecule has 364 valence electrons. The van der Waals surface area contributed by atoms with E-state index in [1.165, 1.54) is 39.2 Å². The fourth-order valence-corrected chi connectivity index (χ4v) is 7.53. The van der Waals surface area contributed by atoms with Crippen molar-refractivity contribution in [2.45, 2.75) is 136 Å². The number of methoxy groups -OCH3 is 1. The van der Waals surface area contributed by atoms with E-state index in [0.29, 0.717) is 5.56 Å². The number of benzene rings is 2. The highest BCUT2D eigenvalue weighted by atomic mass is 16.8. The quantitative estimate of drug-likeness (QED) is 0.141. The second-order valence-electron chi connectivity index (χ2n) is 15.3. The van der Waals surface area contributed by atoms with Crippen molar-refractivity contribution in [3.63, 3.8) is 0 Å². The molecule has 0 amide bonds. The summed E-state index contributed by atoms with van der Waals surface area (Å²) in [4.78, 5) is 113. The van der Waals surface area contributed by atoms with Gasteiger partial charge in [0.1, 0.15) is 35.0 Å². The third-order valence-electron chi connectivity index (χ3n) is 9.83. The van der Waals surface area contributed by atoms with Crippen LogP contribution in [0.2, 0.25) is 0 Å². The van der Waals surface area contributed by atoms with Gasteiger partial charge in [-0.1, -0.05) is 6.07 Å². The van der Waals surface area contributed by atoms with Gasteiger partial charge in [-0.05, 0) is 24.6 Å². The van der Waals surface area contributed by atoms with E-state index in [1.54, 1.807) is 6.07 Å². The molecule has 0 aliphatic carbocycles. The van der Waals surface area contributed by atoms with Crippen molar-refractivity contribution in [1.29, 1.82) is 0 Å². The van der Waals surface area contributed by atoms with Crippen LogP contribution in [0.4, 0.5) is 0 Å². The number of esters is 8. The van der Waals surface area contributed by atoms with Crippen molar-refractivity contribution in [3.8, 4) is 28.7 Å². The van der Waals surface area contributed by atoms with Crippen molar-refractivity contribution in [2.24, 2.45) is 0 Å². The van der Waals surface area contributed by atoms with Crippen molar-refractivity contribution in [2.75, 3.05) is 13.7 Å². The Balaban J connectivity index is 1.56. The number of Topliss-reactive ketones (excluding diaryl/α,β-unsaturated/α-hetero) is 1. The first kappa shape index (κ1) is 51.1. The van der Waals surface area contributed by atoms with E-state index in [-0.39, 0.29) is 40.7 Å². The van der Waals surface area contributed by atoms with E-state index >= 15 is 0 Å². The van der Waals surface area contributed by atoms with Crippen molar-refractivity contribution >= 4 is 53.5 Å². The molecule has 2 saturated heterocycles. The molecule has 23 nitrogen and oxygen atoms in total. The van der Waals surface area contributed by atoms with E-state index in [4.69, 9.17) is 66.3 Å². The molecule has 0 N–H and O–H groups in total. The highest BCUT2D eigenvalue weighted by molar-refractivity contribution is 6.03. The summed E-state index contributed by atoms with van der Waals surface area (Å²) in [6, 6.07) is 6.95. The van der Waals surface area contributed by atoms with E-state index in [1.807, 2.05) is 0 Å². The van der Waals surface area contributed by atoms with E-state index in [9.17, 15) is 43.2 Å². The van der Waals surface area contributed by atoms with Gasteiger partial charge in [0.2, 0.25) is 12.4 Å². The summed E-state index contributed by atoms with van der Waals surface area (Å²) < 4.78 is 80.0. The molecule has 2 aromatic carbocycles. The van der Waals surface area contributed by atoms with Gasteiger partial charge in [0.15, 0.2) is 54.1 Å². The number of rotatable bonds is 15. The van der Waals surface area contributed by atoms with Crippen LogP contribution in [0.3, 0.4) is 0 Å². The van der Waals surface area contributed by atoms with Crippen LogP contribution < -0.4 is 23.7 Å². The zero-order valence-electron chi connectivity index (χ0n) is 38.0. The Bertz CT molecular complexity index is 2250. The van der Waals surface area contributed by atoms with Gasteiger partial charge in [-0.15, -0.1) is 0 Å². The van der Waals surface area contributed by atoms with Gasteiger partial charge in [0.05, 0.1) is 26.2 Å². The van der Waals surface area contributed by atoms with Crippen molar-refractivity contribution < 1.29 is 109 Å². The molecule has 5 rings (SSSR count). The maximum atomic E-state index is 13.8. The Kier molecular flexibility index (Phi) is 16.9. The summed E-state index contributed by atoms with van der Waals surface area (Å²) in [7, 11) is 1.37. The molecule has 0 radical (unpaired) electrons. The Hall–Kier alpha value is -6.85. The lowest BCUT2D eigenvalue weighted by atomic mass is 9.95. The fraction of sp³-hybridized carbons (Fsp3) is 0.523. The van der Waals surface area contributed by atoms with Gasteiger partial charge in [-0.2, -0.15) is 0 Å². The maximum absolute atomic E-state index is 13.8. The summed E-state index contributed by atoms with van der Waals surface area (Å²) in [5.41, 5.74) is 0.249. The first-order chi connectivity index (χ1) is 31.5. The van der Waals surface area contributed by atoms with Crippen LogP contribution >= 0.6 is 0 Å².